The Kier molecular flexibility index (Phi) is 4.32. The third kappa shape index (κ3) is 3.17. The van der Waals surface area contributed by atoms with E-state index in [-0.39, 0.29) is 12.5 Å². The maximum Gasteiger partial charge on any atom is 0.281 e. The van der Waals surface area contributed by atoms with Crippen LogP contribution in [0, 0.1) is 15.9 Å². The number of nitrogens with zero attached hydrogens (tertiary/aromatic N) is 4. The molecule has 5 rings (SSSR count). The zero-order valence-corrected chi connectivity index (χ0v) is 16.2. The molecule has 1 aliphatic rings. The molecule has 146 valence electrons. The van der Waals surface area contributed by atoms with E-state index in [1.54, 1.807) is 9.78 Å². The van der Waals surface area contributed by atoms with Crippen LogP contribution < -0.4 is 9.47 Å². The van der Waals surface area contributed by atoms with Gasteiger partial charge in [0, 0.05) is 11.1 Å². The molecule has 0 N–H and O–H groups in total. The standard InChI is InChI=1S/C18H11FN4O4S2/c19-11-2-3-12(13(6-11)23(24)25)14-8-29-18-21-20-17(22(14)18)28-7-10-1-4-15-16(5-10)27-9-26-15/h1-6,8H,7,9H2. The van der Waals surface area contributed by atoms with Crippen LogP contribution in [0.4, 0.5) is 10.1 Å². The molecule has 0 saturated carbocycles. The maximum absolute atomic E-state index is 13.5. The summed E-state index contributed by atoms with van der Waals surface area (Å²) in [6, 6.07) is 9.24. The number of fused-ring (bicyclic) bond motifs is 2. The fourth-order valence-corrected chi connectivity index (χ4v) is 4.80. The molecule has 1 aliphatic heterocycles. The minimum absolute atomic E-state index is 0.214. The van der Waals surface area contributed by atoms with Gasteiger partial charge >= 0.3 is 0 Å². The Morgan fingerprint density at radius 3 is 2.93 bits per heavy atom. The van der Waals surface area contributed by atoms with Crippen molar-refractivity contribution in [1.82, 2.24) is 14.6 Å². The van der Waals surface area contributed by atoms with E-state index in [9.17, 15) is 14.5 Å². The maximum atomic E-state index is 13.5. The monoisotopic (exact) mass is 430 g/mol. The average molecular weight is 430 g/mol. The van der Waals surface area contributed by atoms with Gasteiger partial charge in [-0.2, -0.15) is 0 Å². The lowest BCUT2D eigenvalue weighted by atomic mass is 10.1. The van der Waals surface area contributed by atoms with Gasteiger partial charge in [-0.15, -0.1) is 21.5 Å². The molecule has 0 radical (unpaired) electrons. The number of benzene rings is 2. The number of aromatic nitrogens is 3. The number of ether oxygens (including phenoxy) is 2. The van der Waals surface area contributed by atoms with Gasteiger partial charge in [0.1, 0.15) is 5.82 Å². The molecule has 0 atom stereocenters. The van der Waals surface area contributed by atoms with Crippen LogP contribution in [0.2, 0.25) is 0 Å². The normalized spacial score (nSPS) is 12.6. The second kappa shape index (κ2) is 7.01. The first-order valence-electron chi connectivity index (χ1n) is 8.38. The summed E-state index contributed by atoms with van der Waals surface area (Å²) in [5.41, 5.74) is 1.58. The minimum atomic E-state index is -0.659. The van der Waals surface area contributed by atoms with E-state index in [2.05, 4.69) is 10.2 Å². The lowest BCUT2D eigenvalue weighted by molar-refractivity contribution is -0.384. The molecule has 0 fully saturated rings. The molecule has 0 bridgehead atoms. The summed E-state index contributed by atoms with van der Waals surface area (Å²) in [6.45, 7) is 0.214. The third-order valence-electron chi connectivity index (χ3n) is 4.36. The van der Waals surface area contributed by atoms with Crippen molar-refractivity contribution < 1.29 is 18.8 Å². The number of nitro benzene ring substituents is 1. The smallest absolute Gasteiger partial charge is 0.281 e. The number of thiazole rings is 1. The Morgan fingerprint density at radius 1 is 1.21 bits per heavy atom. The van der Waals surface area contributed by atoms with Crippen molar-refractivity contribution in [1.29, 1.82) is 0 Å². The summed E-state index contributed by atoms with van der Waals surface area (Å²) in [7, 11) is 0. The predicted molar refractivity (Wildman–Crippen MR) is 105 cm³/mol. The van der Waals surface area contributed by atoms with Crippen LogP contribution in [0.3, 0.4) is 0 Å². The summed E-state index contributed by atoms with van der Waals surface area (Å²) in [5, 5.41) is 22.1. The number of hydrogen-bond donors (Lipinski definition) is 0. The van der Waals surface area contributed by atoms with Gasteiger partial charge < -0.3 is 9.47 Å². The number of rotatable bonds is 5. The first-order chi connectivity index (χ1) is 14.1. The highest BCUT2D eigenvalue weighted by atomic mass is 32.2. The quantitative estimate of drug-likeness (QED) is 0.261. The summed E-state index contributed by atoms with van der Waals surface area (Å²) >= 11 is 2.76. The van der Waals surface area contributed by atoms with Gasteiger partial charge in [-0.25, -0.2) is 4.39 Å². The molecule has 0 unspecified atom stereocenters. The highest BCUT2D eigenvalue weighted by Gasteiger charge is 2.22. The lowest BCUT2D eigenvalue weighted by Gasteiger charge is -2.05. The fraction of sp³-hybridized carbons (Fsp3) is 0.111. The third-order valence-corrected chi connectivity index (χ3v) is 6.17. The van der Waals surface area contributed by atoms with Crippen LogP contribution in [0.15, 0.2) is 46.9 Å². The minimum Gasteiger partial charge on any atom is -0.454 e. The van der Waals surface area contributed by atoms with Gasteiger partial charge in [0.2, 0.25) is 11.8 Å². The van der Waals surface area contributed by atoms with Crippen LogP contribution in [0.5, 0.6) is 11.5 Å². The van der Waals surface area contributed by atoms with E-state index in [1.807, 2.05) is 18.2 Å². The Hall–Kier alpha value is -3.18. The number of hydrogen-bond acceptors (Lipinski definition) is 8. The summed E-state index contributed by atoms with van der Waals surface area (Å²) in [4.78, 5) is 11.4. The molecular formula is C18H11FN4O4S2. The molecule has 0 spiro atoms. The molecule has 8 nitrogen and oxygen atoms in total. The topological polar surface area (TPSA) is 91.8 Å². The van der Waals surface area contributed by atoms with Crippen LogP contribution in [-0.2, 0) is 5.75 Å². The van der Waals surface area contributed by atoms with E-state index in [0.717, 1.165) is 11.6 Å². The molecule has 11 heteroatoms. The van der Waals surface area contributed by atoms with Crippen molar-refractivity contribution >= 4 is 33.7 Å². The molecule has 3 heterocycles. The molecule has 0 saturated heterocycles. The van der Waals surface area contributed by atoms with Crippen molar-refractivity contribution in [3.63, 3.8) is 0 Å². The zero-order chi connectivity index (χ0) is 20.0. The van der Waals surface area contributed by atoms with Crippen molar-refractivity contribution in [3.05, 3.63) is 63.3 Å². The molecular weight excluding hydrogens is 419 g/mol. The SMILES string of the molecule is O=[N+]([O-])c1cc(F)ccc1-c1csc2nnc(SCc3ccc4c(c3)OCO4)n12. The van der Waals surface area contributed by atoms with Gasteiger partial charge in [-0.1, -0.05) is 17.8 Å². The van der Waals surface area contributed by atoms with Gasteiger partial charge in [-0.05, 0) is 29.8 Å². The Labute approximate surface area is 171 Å². The first-order valence-corrected chi connectivity index (χ1v) is 10.2. The van der Waals surface area contributed by atoms with Gasteiger partial charge in [0.25, 0.3) is 5.69 Å². The van der Waals surface area contributed by atoms with Crippen molar-refractivity contribution in [3.8, 4) is 22.8 Å². The van der Waals surface area contributed by atoms with Gasteiger partial charge in [-0.3, -0.25) is 14.5 Å². The molecule has 4 aromatic rings. The first kappa shape index (κ1) is 17.9. The highest BCUT2D eigenvalue weighted by Crippen LogP contribution is 2.37. The summed E-state index contributed by atoms with van der Waals surface area (Å²) in [6.07, 6.45) is 0. The second-order valence-electron chi connectivity index (χ2n) is 6.12. The number of halogens is 1. The largest absolute Gasteiger partial charge is 0.454 e. The van der Waals surface area contributed by atoms with Crippen molar-refractivity contribution in [2.45, 2.75) is 10.9 Å². The van der Waals surface area contributed by atoms with E-state index in [4.69, 9.17) is 9.47 Å². The second-order valence-corrected chi connectivity index (χ2v) is 7.90. The van der Waals surface area contributed by atoms with E-state index >= 15 is 0 Å². The highest BCUT2D eigenvalue weighted by molar-refractivity contribution is 7.98. The average Bonchev–Trinajstić information content (AvgIpc) is 3.42. The zero-order valence-electron chi connectivity index (χ0n) is 14.6. The Balaban J connectivity index is 1.49. The fourth-order valence-electron chi connectivity index (χ4n) is 3.03. The van der Waals surface area contributed by atoms with E-state index in [0.29, 0.717) is 38.6 Å². The van der Waals surface area contributed by atoms with Crippen LogP contribution in [0.1, 0.15) is 5.56 Å². The predicted octanol–water partition coefficient (Wildman–Crippen LogP) is 4.53. The van der Waals surface area contributed by atoms with Crippen LogP contribution >= 0.6 is 23.1 Å². The Bertz CT molecular complexity index is 1260. The van der Waals surface area contributed by atoms with Gasteiger partial charge in [0.15, 0.2) is 16.7 Å². The number of nitro groups is 1. The Morgan fingerprint density at radius 2 is 2.07 bits per heavy atom. The molecule has 0 aliphatic carbocycles. The lowest BCUT2D eigenvalue weighted by Crippen LogP contribution is -1.96. The molecule has 2 aromatic heterocycles. The summed E-state index contributed by atoms with van der Waals surface area (Å²) in [5.74, 6) is 1.35. The molecule has 0 amide bonds. The molecule has 29 heavy (non-hydrogen) atoms. The van der Waals surface area contributed by atoms with Crippen molar-refractivity contribution in [2.24, 2.45) is 0 Å². The number of thioether (sulfide) groups is 1. The van der Waals surface area contributed by atoms with Gasteiger partial charge in [0.05, 0.1) is 22.2 Å². The van der Waals surface area contributed by atoms with E-state index in [1.165, 1.54) is 35.2 Å². The summed E-state index contributed by atoms with van der Waals surface area (Å²) < 4.78 is 26.0. The van der Waals surface area contributed by atoms with Crippen LogP contribution in [0.25, 0.3) is 16.2 Å². The molecule has 2 aromatic carbocycles. The van der Waals surface area contributed by atoms with E-state index < -0.39 is 10.7 Å². The van der Waals surface area contributed by atoms with Crippen molar-refractivity contribution in [2.75, 3.05) is 6.79 Å². The van der Waals surface area contributed by atoms with Crippen LogP contribution in [-0.4, -0.2) is 26.3 Å².